The number of rotatable bonds is 1. The number of aromatic nitrogens is 1. The Morgan fingerprint density at radius 2 is 2.00 bits per heavy atom. The van der Waals surface area contributed by atoms with Crippen LogP contribution in [0.1, 0.15) is 19.4 Å². The van der Waals surface area contributed by atoms with E-state index < -0.39 is 0 Å². The van der Waals surface area contributed by atoms with Crippen molar-refractivity contribution in [2.45, 2.75) is 25.8 Å². The summed E-state index contributed by atoms with van der Waals surface area (Å²) in [5.41, 5.74) is 1.25. The number of aryl methyl sites for hydroxylation is 1. The minimum atomic E-state index is 1.12. The van der Waals surface area contributed by atoms with Gasteiger partial charge in [-0.25, -0.2) is 4.98 Å². The first-order valence-corrected chi connectivity index (χ1v) is 5.02. The first-order valence-electron chi connectivity index (χ1n) is 3.80. The summed E-state index contributed by atoms with van der Waals surface area (Å²) >= 11 is 1.68. The van der Waals surface area contributed by atoms with Crippen LogP contribution in [-0.2, 0) is 0 Å². The molecule has 0 N–H and O–H groups in total. The van der Waals surface area contributed by atoms with Gasteiger partial charge in [-0.15, -0.1) is 11.8 Å². The maximum atomic E-state index is 4.16. The van der Waals surface area contributed by atoms with E-state index in [-0.39, 0.29) is 0 Å². The molecule has 0 saturated carbocycles. The molecule has 0 spiro atoms. The Hall–Kier alpha value is -0.500. The zero-order valence-electron chi connectivity index (χ0n) is 7.59. The normalized spacial score (nSPS) is 8.36. The lowest BCUT2D eigenvalue weighted by Gasteiger charge is -1.96. The number of hydrogen-bond acceptors (Lipinski definition) is 2. The Kier molecular flexibility index (Phi) is 5.94. The molecule has 0 amide bonds. The molecule has 0 fully saturated rings. The molecule has 1 rings (SSSR count). The molecule has 1 nitrogen and oxygen atoms in total. The van der Waals surface area contributed by atoms with E-state index in [4.69, 9.17) is 0 Å². The maximum absolute atomic E-state index is 4.16. The molecule has 0 aromatic carbocycles. The lowest BCUT2D eigenvalue weighted by Crippen LogP contribution is -1.80. The summed E-state index contributed by atoms with van der Waals surface area (Å²) < 4.78 is 0. The summed E-state index contributed by atoms with van der Waals surface area (Å²) in [6, 6.07) is 4.02. The third-order valence-electron chi connectivity index (χ3n) is 1.15. The van der Waals surface area contributed by atoms with Crippen molar-refractivity contribution in [1.82, 2.24) is 4.98 Å². The average Bonchev–Trinajstić information content (AvgIpc) is 2.09. The highest BCUT2D eigenvalue weighted by Crippen LogP contribution is 2.14. The average molecular weight is 169 g/mol. The molecule has 0 aliphatic carbocycles. The van der Waals surface area contributed by atoms with Crippen LogP contribution >= 0.6 is 11.8 Å². The van der Waals surface area contributed by atoms with Crippen molar-refractivity contribution in [3.63, 3.8) is 0 Å². The van der Waals surface area contributed by atoms with Crippen molar-refractivity contribution in [1.29, 1.82) is 0 Å². The Labute approximate surface area is 73.2 Å². The first kappa shape index (κ1) is 10.5. The van der Waals surface area contributed by atoms with Gasteiger partial charge in [-0.2, -0.15) is 0 Å². The smallest absolute Gasteiger partial charge is 0.0986 e. The Bertz CT molecular complexity index is 199. The summed E-state index contributed by atoms with van der Waals surface area (Å²) in [6.45, 7) is 6.07. The molecule has 0 unspecified atom stereocenters. The van der Waals surface area contributed by atoms with Crippen molar-refractivity contribution < 1.29 is 0 Å². The zero-order chi connectivity index (χ0) is 8.69. The quantitative estimate of drug-likeness (QED) is 0.599. The van der Waals surface area contributed by atoms with Crippen molar-refractivity contribution in [2.75, 3.05) is 6.26 Å². The van der Waals surface area contributed by atoms with Gasteiger partial charge in [-0.05, 0) is 24.8 Å². The molecule has 0 aliphatic heterocycles. The molecular formula is C9H15NS. The fourth-order valence-corrected chi connectivity index (χ4v) is 1.24. The van der Waals surface area contributed by atoms with E-state index in [1.54, 1.807) is 11.8 Å². The van der Waals surface area contributed by atoms with Crippen molar-refractivity contribution in [2.24, 2.45) is 0 Å². The monoisotopic (exact) mass is 169 g/mol. The van der Waals surface area contributed by atoms with Crippen LogP contribution in [0.15, 0.2) is 23.4 Å². The molecule has 0 saturated heterocycles. The highest BCUT2D eigenvalue weighted by molar-refractivity contribution is 7.98. The number of thioether (sulfide) groups is 1. The molecule has 0 atom stereocenters. The Morgan fingerprint density at radius 3 is 2.36 bits per heavy atom. The molecule has 0 radical (unpaired) electrons. The highest BCUT2D eigenvalue weighted by atomic mass is 32.2. The fraction of sp³-hybridized carbons (Fsp3) is 0.444. The van der Waals surface area contributed by atoms with Crippen molar-refractivity contribution in [3.05, 3.63) is 23.9 Å². The molecule has 1 aromatic heterocycles. The predicted molar refractivity (Wildman–Crippen MR) is 52.1 cm³/mol. The van der Waals surface area contributed by atoms with Crippen LogP contribution in [0.4, 0.5) is 0 Å². The summed E-state index contributed by atoms with van der Waals surface area (Å²) in [5.74, 6) is 0. The Morgan fingerprint density at radius 1 is 1.36 bits per heavy atom. The summed E-state index contributed by atoms with van der Waals surface area (Å²) in [5, 5.41) is 1.12. The van der Waals surface area contributed by atoms with Crippen LogP contribution in [0.25, 0.3) is 0 Å². The molecule has 11 heavy (non-hydrogen) atoms. The van der Waals surface area contributed by atoms with E-state index in [0.717, 1.165) is 5.03 Å². The summed E-state index contributed by atoms with van der Waals surface area (Å²) in [4.78, 5) is 4.16. The van der Waals surface area contributed by atoms with Crippen LogP contribution in [0, 0.1) is 6.92 Å². The highest BCUT2D eigenvalue weighted by Gasteiger charge is 1.92. The van der Waals surface area contributed by atoms with Gasteiger partial charge in [0.25, 0.3) is 0 Å². The van der Waals surface area contributed by atoms with Gasteiger partial charge < -0.3 is 0 Å². The molecule has 1 heterocycles. The third kappa shape index (κ3) is 3.42. The standard InChI is InChI=1S/C7H9NS.C2H6/c1-6-4-3-5-8-7(6)9-2;1-2/h3-5H,1-2H3;1-2H3. The van der Waals surface area contributed by atoms with Crippen LogP contribution in [0.3, 0.4) is 0 Å². The molecule has 62 valence electrons. The third-order valence-corrected chi connectivity index (χ3v) is 1.97. The van der Waals surface area contributed by atoms with Crippen LogP contribution in [0.5, 0.6) is 0 Å². The lowest BCUT2D eigenvalue weighted by atomic mass is 10.3. The largest absolute Gasteiger partial charge is 0.250 e. The van der Waals surface area contributed by atoms with Crippen LogP contribution < -0.4 is 0 Å². The van der Waals surface area contributed by atoms with E-state index in [0.29, 0.717) is 0 Å². The molecule has 2 heteroatoms. The van der Waals surface area contributed by atoms with Crippen molar-refractivity contribution in [3.8, 4) is 0 Å². The van der Waals surface area contributed by atoms with Gasteiger partial charge in [0.1, 0.15) is 0 Å². The van der Waals surface area contributed by atoms with E-state index in [1.165, 1.54) is 5.56 Å². The maximum Gasteiger partial charge on any atom is 0.0986 e. The number of hydrogen-bond donors (Lipinski definition) is 0. The topological polar surface area (TPSA) is 12.9 Å². The molecular weight excluding hydrogens is 154 g/mol. The molecule has 1 aromatic rings. The van der Waals surface area contributed by atoms with E-state index in [2.05, 4.69) is 18.0 Å². The number of pyridine rings is 1. The van der Waals surface area contributed by atoms with Crippen LogP contribution in [-0.4, -0.2) is 11.2 Å². The van der Waals surface area contributed by atoms with Gasteiger partial charge in [0, 0.05) is 6.20 Å². The summed E-state index contributed by atoms with van der Waals surface area (Å²) in [6.07, 6.45) is 3.86. The SMILES string of the molecule is CC.CSc1ncccc1C. The number of nitrogens with zero attached hydrogens (tertiary/aromatic N) is 1. The first-order chi connectivity index (χ1) is 5.34. The van der Waals surface area contributed by atoms with Gasteiger partial charge in [-0.1, -0.05) is 19.9 Å². The van der Waals surface area contributed by atoms with Crippen LogP contribution in [0.2, 0.25) is 0 Å². The van der Waals surface area contributed by atoms with Gasteiger partial charge in [0.05, 0.1) is 5.03 Å². The van der Waals surface area contributed by atoms with Gasteiger partial charge >= 0.3 is 0 Å². The second-order valence-electron chi connectivity index (χ2n) is 1.83. The predicted octanol–water partition coefficient (Wildman–Crippen LogP) is 3.14. The van der Waals surface area contributed by atoms with E-state index in [9.17, 15) is 0 Å². The van der Waals surface area contributed by atoms with E-state index in [1.807, 2.05) is 32.4 Å². The van der Waals surface area contributed by atoms with Gasteiger partial charge in [0.15, 0.2) is 0 Å². The zero-order valence-corrected chi connectivity index (χ0v) is 8.40. The van der Waals surface area contributed by atoms with Crippen molar-refractivity contribution >= 4 is 11.8 Å². The van der Waals surface area contributed by atoms with Gasteiger partial charge in [0.2, 0.25) is 0 Å². The molecule has 0 bridgehead atoms. The van der Waals surface area contributed by atoms with E-state index >= 15 is 0 Å². The second kappa shape index (κ2) is 6.23. The lowest BCUT2D eigenvalue weighted by molar-refractivity contribution is 1.08. The minimum absolute atomic E-state index is 1.12. The fourth-order valence-electron chi connectivity index (χ4n) is 0.685. The summed E-state index contributed by atoms with van der Waals surface area (Å²) in [7, 11) is 0. The Balaban J connectivity index is 0.000000461. The minimum Gasteiger partial charge on any atom is -0.250 e. The molecule has 0 aliphatic rings. The second-order valence-corrected chi connectivity index (χ2v) is 2.62. The van der Waals surface area contributed by atoms with Gasteiger partial charge in [-0.3, -0.25) is 0 Å².